The summed E-state index contributed by atoms with van der Waals surface area (Å²) in [6, 6.07) is 24.4. The summed E-state index contributed by atoms with van der Waals surface area (Å²) in [5, 5.41) is 40.6. The van der Waals surface area contributed by atoms with E-state index in [4.69, 9.17) is 11.5 Å². The van der Waals surface area contributed by atoms with Gasteiger partial charge in [-0.05, 0) is 104 Å². The van der Waals surface area contributed by atoms with Gasteiger partial charge in [-0.25, -0.2) is 16.8 Å². The van der Waals surface area contributed by atoms with Gasteiger partial charge in [-0.15, -0.1) is 10.2 Å². The molecule has 0 saturated carbocycles. The summed E-state index contributed by atoms with van der Waals surface area (Å²) in [4.78, 5) is -3.62. The van der Waals surface area contributed by atoms with Crippen LogP contribution in [0.25, 0.3) is 43.8 Å². The number of azo groups is 2. The summed E-state index contributed by atoms with van der Waals surface area (Å²) in [5.41, 5.74) is 12.5. The van der Waals surface area contributed by atoms with Gasteiger partial charge in [-0.2, -0.15) is 27.1 Å². The predicted molar refractivity (Wildman–Crippen MR) is 217 cm³/mol. The summed E-state index contributed by atoms with van der Waals surface area (Å²) in [7, 11) is -20.3. The molecule has 7 rings (SSSR count). The smallest absolute Gasteiger partial charge is 0.870 e. The first-order valence-corrected chi connectivity index (χ1v) is 22.8. The monoisotopic (exact) mass is 1010 g/mol. The number of benzene rings is 7. The minimum atomic E-state index is -5.11. The van der Waals surface area contributed by atoms with Gasteiger partial charge >= 0.3 is 118 Å². The molecule has 0 aliphatic rings. The van der Waals surface area contributed by atoms with Crippen LogP contribution in [0.3, 0.4) is 0 Å². The van der Waals surface area contributed by atoms with E-state index in [0.29, 0.717) is 11.1 Å². The number of fused-ring (bicyclic) bond motifs is 2. The van der Waals surface area contributed by atoms with E-state index in [1.54, 1.807) is 48.5 Å². The van der Waals surface area contributed by atoms with Crippen LogP contribution >= 0.6 is 0 Å². The van der Waals surface area contributed by atoms with E-state index >= 15 is 0 Å². The van der Waals surface area contributed by atoms with Gasteiger partial charge in [0.05, 0.1) is 32.5 Å². The summed E-state index contributed by atoms with van der Waals surface area (Å²) >= 11 is 0. The van der Waals surface area contributed by atoms with Crippen molar-refractivity contribution in [3.63, 3.8) is 0 Å². The Hall–Kier alpha value is -2.90. The van der Waals surface area contributed by atoms with Crippen molar-refractivity contribution < 1.29 is 180 Å². The third-order valence-corrected chi connectivity index (χ3v) is 12.6. The molecule has 0 amide bonds. The topological polar surface area (TPSA) is 371 Å². The Morgan fingerprint density at radius 2 is 0.697 bits per heavy atom. The molecule has 66 heavy (non-hydrogen) atoms. The summed E-state index contributed by atoms with van der Waals surface area (Å²) in [6.07, 6.45) is 0. The summed E-state index contributed by atoms with van der Waals surface area (Å²) < 4.78 is 138. The molecule has 7 aromatic rings. The molecule has 20 nitrogen and oxygen atoms in total. The van der Waals surface area contributed by atoms with Crippen molar-refractivity contribution in [1.29, 1.82) is 0 Å². The Bertz CT molecular complexity index is 3320. The van der Waals surface area contributed by atoms with Crippen LogP contribution in [0, 0.1) is 0 Å². The van der Waals surface area contributed by atoms with Gasteiger partial charge in [0.1, 0.15) is 30.0 Å². The summed E-state index contributed by atoms with van der Waals surface area (Å²) in [5.74, 6) is -2.19. The van der Waals surface area contributed by atoms with Crippen molar-refractivity contribution >= 4 is 96.1 Å². The molecule has 0 radical (unpaired) electrons. The van der Waals surface area contributed by atoms with Gasteiger partial charge in [-0.3, -0.25) is 9.11 Å². The molecule has 0 aliphatic carbocycles. The first kappa shape index (κ1) is 57.4. The van der Waals surface area contributed by atoms with E-state index in [1.807, 2.05) is 0 Å². The molecule has 0 aromatic heterocycles. The van der Waals surface area contributed by atoms with Crippen LogP contribution in [-0.4, -0.2) is 51.9 Å². The van der Waals surface area contributed by atoms with E-state index in [-0.39, 0.29) is 151 Å². The van der Waals surface area contributed by atoms with Gasteiger partial charge in [0, 0.05) is 11.4 Å². The van der Waals surface area contributed by atoms with Crippen LogP contribution in [-0.2, 0) is 40.5 Å². The molecular formula is C38H24N6Na4O14S4. The largest absolute Gasteiger partial charge is 1.00 e. The molecule has 0 bridgehead atoms. The molecular weight excluding hydrogens is 985 g/mol. The summed E-state index contributed by atoms with van der Waals surface area (Å²) in [6.45, 7) is 0. The zero-order valence-electron chi connectivity index (χ0n) is 34.8. The fourth-order valence-corrected chi connectivity index (χ4v) is 8.73. The van der Waals surface area contributed by atoms with Gasteiger partial charge in [0.15, 0.2) is 0 Å². The number of nitrogen functional groups attached to an aromatic ring is 2. The third kappa shape index (κ3) is 12.5. The molecule has 0 atom stereocenters. The van der Waals surface area contributed by atoms with Crippen molar-refractivity contribution in [3.05, 3.63) is 109 Å². The maximum Gasteiger partial charge on any atom is 1.00 e. The van der Waals surface area contributed by atoms with Crippen LogP contribution in [0.4, 0.5) is 34.1 Å². The molecule has 7 aromatic carbocycles. The number of hydrogen-bond acceptors (Lipinski definition) is 18. The van der Waals surface area contributed by atoms with Gasteiger partial charge in [0.2, 0.25) is 0 Å². The minimum absolute atomic E-state index is 0. The van der Waals surface area contributed by atoms with Crippen LogP contribution < -0.4 is 140 Å². The van der Waals surface area contributed by atoms with Crippen molar-refractivity contribution in [2.75, 3.05) is 11.5 Å². The van der Waals surface area contributed by atoms with E-state index in [9.17, 15) is 62.1 Å². The van der Waals surface area contributed by atoms with Crippen LogP contribution in [0.15, 0.2) is 149 Å². The Labute approximate surface area is 464 Å². The second-order valence-electron chi connectivity index (χ2n) is 13.3. The Morgan fingerprint density at radius 1 is 0.424 bits per heavy atom. The van der Waals surface area contributed by atoms with Crippen LogP contribution in [0.5, 0.6) is 11.5 Å². The normalized spacial score (nSPS) is 12.1. The minimum Gasteiger partial charge on any atom is -0.870 e. The number of rotatable bonds is 10. The third-order valence-electron chi connectivity index (χ3n) is 9.22. The molecule has 0 fully saturated rings. The average Bonchev–Trinajstić information content (AvgIpc) is 3.18. The van der Waals surface area contributed by atoms with E-state index in [1.165, 1.54) is 24.3 Å². The first-order valence-electron chi connectivity index (χ1n) is 17.1. The SMILES string of the molecule is Nc1cc(S(=O)(=O)[O-])cc2cc(S(=O)(=O)O)c(N=Nc3ccc(-c4ccc(-c5ccc(N=Nc6c(S(=O)(=O)O)cc7cc(S(=O)(=O)[O-])cc(N)c7c6[O-])cc5)cc4)cc3)c([O-])c12.[Na+].[Na+].[Na+].[Na+]. The van der Waals surface area contributed by atoms with Gasteiger partial charge in [-0.1, -0.05) is 60.0 Å². The molecule has 0 spiro atoms. The van der Waals surface area contributed by atoms with Crippen LogP contribution in [0.2, 0.25) is 0 Å². The number of anilines is 2. The molecule has 0 unspecified atom stereocenters. The molecule has 318 valence electrons. The van der Waals surface area contributed by atoms with E-state index in [2.05, 4.69) is 20.5 Å². The number of nitrogens with two attached hydrogens (primary N) is 2. The predicted octanol–water partition coefficient (Wildman–Crippen LogP) is -6.21. The van der Waals surface area contributed by atoms with Gasteiger partial charge < -0.3 is 30.8 Å². The van der Waals surface area contributed by atoms with Gasteiger partial charge in [0.25, 0.3) is 20.2 Å². The van der Waals surface area contributed by atoms with Crippen molar-refractivity contribution in [2.24, 2.45) is 20.5 Å². The molecule has 6 N–H and O–H groups in total. The maximum absolute atomic E-state index is 13.3. The fraction of sp³-hybridized carbons (Fsp3) is 0. The average molecular weight is 1010 g/mol. The molecule has 0 aliphatic heterocycles. The Morgan fingerprint density at radius 3 is 0.955 bits per heavy atom. The van der Waals surface area contributed by atoms with Crippen molar-refractivity contribution in [1.82, 2.24) is 0 Å². The fourth-order valence-electron chi connectivity index (χ4n) is 6.33. The van der Waals surface area contributed by atoms with Crippen molar-refractivity contribution in [2.45, 2.75) is 19.6 Å². The van der Waals surface area contributed by atoms with Crippen LogP contribution in [0.1, 0.15) is 0 Å². The van der Waals surface area contributed by atoms with E-state index < -0.39 is 94.3 Å². The Kier molecular flexibility index (Phi) is 19.0. The Balaban J connectivity index is 0.00000289. The standard InChI is InChI=1S/C38H28N6O14S4.4Na/c39-29-17-27(59(47,48)49)13-23-15-31(61(53,54)55)35(37(45)33(23)29)43-41-25-9-5-21(6-10-25)19-1-2-20(4-3-19)22-7-11-26(12-8-22)42-44-36-32(62(56,57)58)16-24-14-28(60(50,51)52)18-30(40)34(24)38(36)46;;;;/h1-18,45-46H,39-40H2,(H,47,48,49)(H,50,51,52)(H,53,54,55)(H,56,57,58);;;;/q;4*+1/p-4. The molecule has 28 heteroatoms. The molecule has 0 heterocycles. The number of nitrogens with zero attached hydrogens (tertiary/aromatic N) is 4. The zero-order valence-corrected chi connectivity index (χ0v) is 46.0. The maximum atomic E-state index is 13.3. The van der Waals surface area contributed by atoms with Crippen molar-refractivity contribution in [3.8, 4) is 33.8 Å². The second-order valence-corrected chi connectivity index (χ2v) is 18.8. The first-order chi connectivity index (χ1) is 28.9. The zero-order chi connectivity index (χ0) is 45.1. The molecule has 0 saturated heterocycles. The second kappa shape index (κ2) is 21.8. The number of hydrogen-bond donors (Lipinski definition) is 4. The quantitative estimate of drug-likeness (QED) is 0.0429. The van der Waals surface area contributed by atoms with E-state index in [0.717, 1.165) is 47.5 Å².